The van der Waals surface area contributed by atoms with Crippen LogP contribution in [-0.2, 0) is 0 Å². The summed E-state index contributed by atoms with van der Waals surface area (Å²) in [5.41, 5.74) is 0. The molecular weight excluding hydrogens is 192 g/mol. The molecule has 0 N–H and O–H groups in total. The van der Waals surface area contributed by atoms with Gasteiger partial charge in [-0.2, -0.15) is 0 Å². The Balaban J connectivity index is 3.15. The van der Waals surface area contributed by atoms with Crippen molar-refractivity contribution in [2.24, 2.45) is 11.8 Å². The molecule has 0 saturated carbocycles. The van der Waals surface area contributed by atoms with Gasteiger partial charge in [0.2, 0.25) is 0 Å². The minimum Gasteiger partial charge on any atom is -0.0654 e. The van der Waals surface area contributed by atoms with E-state index in [2.05, 4.69) is 27.7 Å². The molecule has 0 aromatic rings. The number of unbranched alkanes of at least 4 members (excludes halogenated alkanes) is 3. The fourth-order valence-corrected chi connectivity index (χ4v) is 2.61. The van der Waals surface area contributed by atoms with Gasteiger partial charge in [-0.3, -0.25) is 0 Å². The summed E-state index contributed by atoms with van der Waals surface area (Å²) in [4.78, 5) is 0. The Kier molecular flexibility index (Phi) is 11.5. The first-order valence-electron chi connectivity index (χ1n) is 7.70. The zero-order valence-corrected chi connectivity index (χ0v) is 12.2. The molecule has 0 aliphatic rings. The summed E-state index contributed by atoms with van der Waals surface area (Å²) >= 11 is 0. The molecule has 98 valence electrons. The minimum absolute atomic E-state index is 0.962. The summed E-state index contributed by atoms with van der Waals surface area (Å²) in [6.45, 7) is 9.41. The van der Waals surface area contributed by atoms with Crippen LogP contribution in [0.5, 0.6) is 0 Å². The highest BCUT2D eigenvalue weighted by molar-refractivity contribution is 4.55. The normalized spacial score (nSPS) is 15.0. The van der Waals surface area contributed by atoms with Crippen molar-refractivity contribution in [1.29, 1.82) is 0 Å². The van der Waals surface area contributed by atoms with Crippen LogP contribution in [0.3, 0.4) is 0 Å². The van der Waals surface area contributed by atoms with Crippen LogP contribution < -0.4 is 0 Å². The van der Waals surface area contributed by atoms with Gasteiger partial charge in [0.25, 0.3) is 0 Å². The highest BCUT2D eigenvalue weighted by Crippen LogP contribution is 2.18. The fraction of sp³-hybridized carbons (Fsp3) is 1.00. The summed E-state index contributed by atoms with van der Waals surface area (Å²) in [5, 5.41) is 0. The first-order chi connectivity index (χ1) is 7.70. The second-order valence-corrected chi connectivity index (χ2v) is 5.78. The van der Waals surface area contributed by atoms with E-state index in [9.17, 15) is 0 Å². The van der Waals surface area contributed by atoms with Gasteiger partial charge in [-0.25, -0.2) is 0 Å². The maximum Gasteiger partial charge on any atom is -0.0443 e. The molecular formula is C16H34. The van der Waals surface area contributed by atoms with E-state index >= 15 is 0 Å². The van der Waals surface area contributed by atoms with Crippen molar-refractivity contribution in [3.63, 3.8) is 0 Å². The molecule has 0 rings (SSSR count). The number of rotatable bonds is 11. The number of hydrogen-bond acceptors (Lipinski definition) is 0. The lowest BCUT2D eigenvalue weighted by Crippen LogP contribution is -1.95. The Morgan fingerprint density at radius 2 is 0.938 bits per heavy atom. The van der Waals surface area contributed by atoms with Crippen molar-refractivity contribution in [3.05, 3.63) is 0 Å². The van der Waals surface area contributed by atoms with Crippen LogP contribution in [0.15, 0.2) is 0 Å². The SMILES string of the molecule is CCCC(C)CCCCCCC(C)CCC. The van der Waals surface area contributed by atoms with Crippen LogP contribution in [0.4, 0.5) is 0 Å². The van der Waals surface area contributed by atoms with Crippen LogP contribution in [0.1, 0.15) is 91.9 Å². The van der Waals surface area contributed by atoms with Crippen LogP contribution in [-0.4, -0.2) is 0 Å². The molecule has 0 aliphatic heterocycles. The zero-order chi connectivity index (χ0) is 12.2. The summed E-state index contributed by atoms with van der Waals surface area (Å²) in [6.07, 6.45) is 14.3. The van der Waals surface area contributed by atoms with E-state index in [0.717, 1.165) is 11.8 Å². The van der Waals surface area contributed by atoms with Gasteiger partial charge in [0.05, 0.1) is 0 Å². The average molecular weight is 226 g/mol. The standard InChI is InChI=1S/C16H34/c1-5-11-15(3)13-9-7-8-10-14-16(4)12-6-2/h15-16H,5-14H2,1-4H3. The van der Waals surface area contributed by atoms with Crippen molar-refractivity contribution in [2.45, 2.75) is 91.9 Å². The van der Waals surface area contributed by atoms with Crippen molar-refractivity contribution >= 4 is 0 Å². The third kappa shape index (κ3) is 10.5. The van der Waals surface area contributed by atoms with E-state index in [1.165, 1.54) is 64.2 Å². The third-order valence-electron chi connectivity index (χ3n) is 3.71. The smallest absolute Gasteiger partial charge is 0.0443 e. The molecule has 16 heavy (non-hydrogen) atoms. The molecule has 0 aromatic heterocycles. The molecule has 0 amide bonds. The van der Waals surface area contributed by atoms with Crippen LogP contribution in [0.25, 0.3) is 0 Å². The Bertz CT molecular complexity index is 112. The van der Waals surface area contributed by atoms with Crippen molar-refractivity contribution in [3.8, 4) is 0 Å². The molecule has 0 fully saturated rings. The molecule has 0 saturated heterocycles. The maximum atomic E-state index is 2.41. The van der Waals surface area contributed by atoms with E-state index in [1.807, 2.05) is 0 Å². The van der Waals surface area contributed by atoms with Gasteiger partial charge < -0.3 is 0 Å². The van der Waals surface area contributed by atoms with E-state index in [4.69, 9.17) is 0 Å². The molecule has 0 bridgehead atoms. The molecule has 2 unspecified atom stereocenters. The van der Waals surface area contributed by atoms with Gasteiger partial charge in [0.15, 0.2) is 0 Å². The monoisotopic (exact) mass is 226 g/mol. The highest BCUT2D eigenvalue weighted by atomic mass is 14.1. The van der Waals surface area contributed by atoms with E-state index in [0.29, 0.717) is 0 Å². The lowest BCUT2D eigenvalue weighted by molar-refractivity contribution is 0.429. The number of hydrogen-bond donors (Lipinski definition) is 0. The minimum atomic E-state index is 0.962. The van der Waals surface area contributed by atoms with Crippen LogP contribution >= 0.6 is 0 Å². The molecule has 2 atom stereocenters. The quantitative estimate of drug-likeness (QED) is 0.368. The fourth-order valence-electron chi connectivity index (χ4n) is 2.61. The lowest BCUT2D eigenvalue weighted by Gasteiger charge is -2.11. The predicted molar refractivity (Wildman–Crippen MR) is 75.8 cm³/mol. The van der Waals surface area contributed by atoms with Gasteiger partial charge in [-0.15, -0.1) is 0 Å². The second-order valence-electron chi connectivity index (χ2n) is 5.78. The molecule has 0 aromatic carbocycles. The van der Waals surface area contributed by atoms with Gasteiger partial charge in [-0.1, -0.05) is 91.9 Å². The molecule has 0 spiro atoms. The highest BCUT2D eigenvalue weighted by Gasteiger charge is 2.02. The van der Waals surface area contributed by atoms with Crippen LogP contribution in [0.2, 0.25) is 0 Å². The summed E-state index contributed by atoms with van der Waals surface area (Å²) in [6, 6.07) is 0. The van der Waals surface area contributed by atoms with E-state index < -0.39 is 0 Å². The summed E-state index contributed by atoms with van der Waals surface area (Å²) < 4.78 is 0. The largest absolute Gasteiger partial charge is 0.0654 e. The Morgan fingerprint density at radius 3 is 1.25 bits per heavy atom. The van der Waals surface area contributed by atoms with Gasteiger partial charge in [0, 0.05) is 0 Å². The maximum absolute atomic E-state index is 2.41. The molecule has 0 heterocycles. The first-order valence-corrected chi connectivity index (χ1v) is 7.70. The summed E-state index contributed by atoms with van der Waals surface area (Å²) in [5.74, 6) is 1.92. The zero-order valence-electron chi connectivity index (χ0n) is 12.2. The second kappa shape index (κ2) is 11.5. The predicted octanol–water partition coefficient (Wildman–Crippen LogP) is 6.20. The molecule has 0 nitrogen and oxygen atoms in total. The topological polar surface area (TPSA) is 0 Å². The Hall–Kier alpha value is 0. The molecule has 0 radical (unpaired) electrons. The average Bonchev–Trinajstić information content (AvgIpc) is 2.24. The van der Waals surface area contributed by atoms with Gasteiger partial charge in [0.1, 0.15) is 0 Å². The van der Waals surface area contributed by atoms with Crippen molar-refractivity contribution in [1.82, 2.24) is 0 Å². The third-order valence-corrected chi connectivity index (χ3v) is 3.71. The van der Waals surface area contributed by atoms with Gasteiger partial charge >= 0.3 is 0 Å². The Labute approximate surface area is 104 Å². The van der Waals surface area contributed by atoms with E-state index in [-0.39, 0.29) is 0 Å². The van der Waals surface area contributed by atoms with E-state index in [1.54, 1.807) is 0 Å². The molecule has 0 heteroatoms. The van der Waals surface area contributed by atoms with Crippen molar-refractivity contribution in [2.75, 3.05) is 0 Å². The molecule has 0 aliphatic carbocycles. The van der Waals surface area contributed by atoms with Gasteiger partial charge in [-0.05, 0) is 11.8 Å². The Morgan fingerprint density at radius 1 is 0.562 bits per heavy atom. The van der Waals surface area contributed by atoms with Crippen molar-refractivity contribution < 1.29 is 0 Å². The lowest BCUT2D eigenvalue weighted by atomic mass is 9.96. The van der Waals surface area contributed by atoms with Crippen LogP contribution in [0, 0.1) is 11.8 Å². The summed E-state index contributed by atoms with van der Waals surface area (Å²) in [7, 11) is 0. The first kappa shape index (κ1) is 16.0.